The van der Waals surface area contributed by atoms with Crippen molar-refractivity contribution in [2.45, 2.75) is 24.9 Å². The van der Waals surface area contributed by atoms with Gasteiger partial charge in [0, 0.05) is 23.5 Å². The molecular weight excluding hydrogens is 344 g/mol. The van der Waals surface area contributed by atoms with Crippen molar-refractivity contribution in [3.63, 3.8) is 0 Å². The number of fused-ring (bicyclic) bond motifs is 1. The molecule has 0 saturated heterocycles. The van der Waals surface area contributed by atoms with E-state index in [0.29, 0.717) is 6.42 Å². The number of primary amides is 1. The van der Waals surface area contributed by atoms with E-state index in [1.165, 1.54) is 12.1 Å². The molecule has 27 heavy (non-hydrogen) atoms. The van der Waals surface area contributed by atoms with Crippen LogP contribution < -0.4 is 16.8 Å². The summed E-state index contributed by atoms with van der Waals surface area (Å²) in [6.45, 7) is 0. The van der Waals surface area contributed by atoms with Crippen LogP contribution in [0.15, 0.2) is 54.7 Å². The van der Waals surface area contributed by atoms with Crippen LogP contribution in [-0.4, -0.2) is 34.0 Å². The number of phenols is 1. The molecule has 3 aromatic rings. The van der Waals surface area contributed by atoms with Gasteiger partial charge in [0.25, 0.3) is 0 Å². The summed E-state index contributed by atoms with van der Waals surface area (Å²) in [5, 5.41) is 13.0. The minimum absolute atomic E-state index is 0.124. The highest BCUT2D eigenvalue weighted by atomic mass is 16.3. The first kappa shape index (κ1) is 18.5. The summed E-state index contributed by atoms with van der Waals surface area (Å²) in [5.74, 6) is -0.960. The molecule has 7 N–H and O–H groups in total. The quantitative estimate of drug-likeness (QED) is 0.426. The lowest BCUT2D eigenvalue weighted by Crippen LogP contribution is -2.51. The molecule has 140 valence electrons. The van der Waals surface area contributed by atoms with Crippen molar-refractivity contribution >= 4 is 22.7 Å². The zero-order chi connectivity index (χ0) is 19.4. The molecule has 7 heteroatoms. The van der Waals surface area contributed by atoms with E-state index in [1.54, 1.807) is 12.1 Å². The summed E-state index contributed by atoms with van der Waals surface area (Å²) < 4.78 is 0. The molecule has 0 saturated carbocycles. The number of phenolic OH excluding ortho intramolecular Hbond substituents is 1. The molecule has 2 atom stereocenters. The fraction of sp³-hybridized carbons (Fsp3) is 0.200. The number of para-hydroxylation sites is 1. The highest BCUT2D eigenvalue weighted by Gasteiger charge is 2.23. The molecule has 0 aliphatic heterocycles. The molecule has 0 aliphatic carbocycles. The molecule has 7 nitrogen and oxygen atoms in total. The van der Waals surface area contributed by atoms with E-state index in [0.717, 1.165) is 22.0 Å². The fourth-order valence-electron chi connectivity index (χ4n) is 3.00. The predicted molar refractivity (Wildman–Crippen MR) is 103 cm³/mol. The third-order valence-corrected chi connectivity index (χ3v) is 4.49. The first-order valence-corrected chi connectivity index (χ1v) is 8.62. The molecule has 2 aromatic carbocycles. The summed E-state index contributed by atoms with van der Waals surface area (Å²) in [4.78, 5) is 27.4. The van der Waals surface area contributed by atoms with E-state index >= 15 is 0 Å². The number of nitrogens with one attached hydrogen (secondary N) is 2. The summed E-state index contributed by atoms with van der Waals surface area (Å²) in [6, 6.07) is 12.4. The number of aromatic hydroxyl groups is 1. The summed E-state index contributed by atoms with van der Waals surface area (Å²) in [6.07, 6.45) is 2.39. The van der Waals surface area contributed by atoms with Crippen molar-refractivity contribution in [2.24, 2.45) is 11.5 Å². The highest BCUT2D eigenvalue weighted by molar-refractivity contribution is 5.90. The SMILES string of the molecule is NC(=O)[C@H](Cc1ccc(O)cc1)NC(=O)[C@H](N)Cc1c[nH]c2ccccc12. The predicted octanol–water partition coefficient (Wildman–Crippen LogP) is 0.956. The molecule has 0 radical (unpaired) electrons. The van der Waals surface area contributed by atoms with E-state index in [-0.39, 0.29) is 12.2 Å². The molecule has 0 fully saturated rings. The van der Waals surface area contributed by atoms with Crippen molar-refractivity contribution in [1.82, 2.24) is 10.3 Å². The van der Waals surface area contributed by atoms with Crippen molar-refractivity contribution in [2.75, 3.05) is 0 Å². The van der Waals surface area contributed by atoms with Crippen LogP contribution in [0.2, 0.25) is 0 Å². The van der Waals surface area contributed by atoms with E-state index in [9.17, 15) is 14.7 Å². The smallest absolute Gasteiger partial charge is 0.240 e. The second-order valence-electron chi connectivity index (χ2n) is 6.50. The fourth-order valence-corrected chi connectivity index (χ4v) is 3.00. The van der Waals surface area contributed by atoms with Gasteiger partial charge >= 0.3 is 0 Å². The topological polar surface area (TPSA) is 134 Å². The van der Waals surface area contributed by atoms with Gasteiger partial charge in [0.2, 0.25) is 11.8 Å². The van der Waals surface area contributed by atoms with Crippen LogP contribution in [0.1, 0.15) is 11.1 Å². The Bertz CT molecular complexity index is 949. The van der Waals surface area contributed by atoms with Crippen LogP contribution in [0.3, 0.4) is 0 Å². The monoisotopic (exact) mass is 366 g/mol. The van der Waals surface area contributed by atoms with Crippen LogP contribution in [0.5, 0.6) is 5.75 Å². The number of hydrogen-bond donors (Lipinski definition) is 5. The van der Waals surface area contributed by atoms with Gasteiger partial charge in [-0.25, -0.2) is 0 Å². The van der Waals surface area contributed by atoms with Crippen LogP contribution in [0, 0.1) is 0 Å². The lowest BCUT2D eigenvalue weighted by molar-refractivity contribution is -0.128. The highest BCUT2D eigenvalue weighted by Crippen LogP contribution is 2.19. The number of hydrogen-bond acceptors (Lipinski definition) is 4. The molecule has 0 bridgehead atoms. The Kier molecular flexibility index (Phi) is 5.42. The number of carbonyl (C=O) groups excluding carboxylic acids is 2. The zero-order valence-corrected chi connectivity index (χ0v) is 14.7. The van der Waals surface area contributed by atoms with Crippen LogP contribution in [-0.2, 0) is 22.4 Å². The molecule has 0 unspecified atom stereocenters. The number of aromatic amines is 1. The van der Waals surface area contributed by atoms with E-state index in [4.69, 9.17) is 11.5 Å². The standard InChI is InChI=1S/C20H22N4O3/c21-16(10-13-11-23-17-4-2-1-3-15(13)17)20(27)24-18(19(22)26)9-12-5-7-14(25)8-6-12/h1-8,11,16,18,23,25H,9-10,21H2,(H2,22,26)(H,24,27)/t16-,18+/m1/s1. The van der Waals surface area contributed by atoms with Gasteiger partial charge in [-0.3, -0.25) is 9.59 Å². The maximum atomic E-state index is 12.5. The van der Waals surface area contributed by atoms with Gasteiger partial charge in [0.15, 0.2) is 0 Å². The maximum absolute atomic E-state index is 12.5. The lowest BCUT2D eigenvalue weighted by atomic mass is 10.0. The van der Waals surface area contributed by atoms with Gasteiger partial charge in [-0.2, -0.15) is 0 Å². The number of rotatable bonds is 7. The number of nitrogens with two attached hydrogens (primary N) is 2. The molecule has 1 aromatic heterocycles. The molecule has 0 aliphatic rings. The van der Waals surface area contributed by atoms with Crippen LogP contribution >= 0.6 is 0 Å². The number of carbonyl (C=O) groups is 2. The molecule has 2 amide bonds. The average molecular weight is 366 g/mol. The second-order valence-corrected chi connectivity index (χ2v) is 6.50. The van der Waals surface area contributed by atoms with Crippen LogP contribution in [0.25, 0.3) is 10.9 Å². The second kappa shape index (κ2) is 7.92. The number of benzene rings is 2. The molecule has 0 spiro atoms. The number of H-pyrrole nitrogens is 1. The van der Waals surface area contributed by atoms with Crippen molar-refractivity contribution < 1.29 is 14.7 Å². The molecule has 1 heterocycles. The van der Waals surface area contributed by atoms with Crippen molar-refractivity contribution in [1.29, 1.82) is 0 Å². The number of amides is 2. The van der Waals surface area contributed by atoms with Crippen molar-refractivity contribution in [3.8, 4) is 5.75 Å². The minimum Gasteiger partial charge on any atom is -0.508 e. The normalized spacial score (nSPS) is 13.2. The average Bonchev–Trinajstić information content (AvgIpc) is 3.05. The number of aromatic nitrogens is 1. The van der Waals surface area contributed by atoms with E-state index in [1.807, 2.05) is 30.5 Å². The Hall–Kier alpha value is -3.32. The molecule has 3 rings (SSSR count). The Labute approximate surface area is 156 Å². The van der Waals surface area contributed by atoms with Crippen LogP contribution in [0.4, 0.5) is 0 Å². The van der Waals surface area contributed by atoms with E-state index in [2.05, 4.69) is 10.3 Å². The minimum atomic E-state index is -0.879. The summed E-state index contributed by atoms with van der Waals surface area (Å²) >= 11 is 0. The Morgan fingerprint density at radius 1 is 1.07 bits per heavy atom. The zero-order valence-electron chi connectivity index (χ0n) is 14.7. The van der Waals surface area contributed by atoms with Gasteiger partial charge in [0.05, 0.1) is 6.04 Å². The third-order valence-electron chi connectivity index (χ3n) is 4.49. The lowest BCUT2D eigenvalue weighted by Gasteiger charge is -2.18. The van der Waals surface area contributed by atoms with Gasteiger partial charge in [-0.15, -0.1) is 0 Å². The largest absolute Gasteiger partial charge is 0.508 e. The molecular formula is C20H22N4O3. The van der Waals surface area contributed by atoms with Gasteiger partial charge in [0.1, 0.15) is 11.8 Å². The first-order valence-electron chi connectivity index (χ1n) is 8.62. The Morgan fingerprint density at radius 2 is 1.78 bits per heavy atom. The Balaban J connectivity index is 1.66. The summed E-state index contributed by atoms with van der Waals surface area (Å²) in [5.41, 5.74) is 14.1. The van der Waals surface area contributed by atoms with E-state index < -0.39 is 23.9 Å². The summed E-state index contributed by atoms with van der Waals surface area (Å²) in [7, 11) is 0. The first-order chi connectivity index (χ1) is 12.9. The van der Waals surface area contributed by atoms with Gasteiger partial charge < -0.3 is 26.9 Å². The van der Waals surface area contributed by atoms with Gasteiger partial charge in [-0.1, -0.05) is 30.3 Å². The third kappa shape index (κ3) is 4.45. The Morgan fingerprint density at radius 3 is 2.48 bits per heavy atom. The van der Waals surface area contributed by atoms with Gasteiger partial charge in [-0.05, 0) is 35.7 Å². The van der Waals surface area contributed by atoms with Crippen molar-refractivity contribution in [3.05, 3.63) is 65.9 Å². The maximum Gasteiger partial charge on any atom is 0.240 e.